The Morgan fingerprint density at radius 2 is 1.76 bits per heavy atom. The maximum Gasteiger partial charge on any atom is 0.322 e. The van der Waals surface area contributed by atoms with Crippen molar-refractivity contribution in [1.82, 2.24) is 19.2 Å². The lowest BCUT2D eigenvalue weighted by molar-refractivity contribution is 0.194. The number of fused-ring (bicyclic) bond motifs is 3. The van der Waals surface area contributed by atoms with E-state index in [-0.39, 0.29) is 17.9 Å². The van der Waals surface area contributed by atoms with Crippen molar-refractivity contribution in [3.8, 4) is 11.5 Å². The number of para-hydroxylation sites is 1. The molecule has 7 heteroatoms. The van der Waals surface area contributed by atoms with Gasteiger partial charge < -0.3 is 14.8 Å². The SMILES string of the molecule is Cc1cccc([C@H]2c3cccn3-c3c(c(C)nn3-c3ccccc3)CN2C(=O)Nc2ccc(C)c(F)c2)c1. The van der Waals surface area contributed by atoms with E-state index in [1.54, 1.807) is 19.1 Å². The van der Waals surface area contributed by atoms with Gasteiger partial charge in [-0.15, -0.1) is 0 Å². The highest BCUT2D eigenvalue weighted by Gasteiger charge is 2.36. The standard InChI is InChI=1S/C31H28FN5O/c1-20-9-7-10-23(17-20)29-28-13-8-16-35(28)30-26(22(3)34-37(30)25-11-5-4-6-12-25)19-36(29)31(38)33-24-15-14-21(2)27(32)18-24/h4-18,29H,19H2,1-3H3,(H,33,38)/t29-/m0/s1. The molecule has 5 aromatic rings. The van der Waals surface area contributed by atoms with Crippen molar-refractivity contribution in [2.24, 2.45) is 0 Å². The third-order valence-corrected chi connectivity index (χ3v) is 7.13. The predicted octanol–water partition coefficient (Wildman–Crippen LogP) is 6.86. The summed E-state index contributed by atoms with van der Waals surface area (Å²) < 4.78 is 18.4. The molecule has 0 radical (unpaired) electrons. The molecule has 6 rings (SSSR count). The van der Waals surface area contributed by atoms with Crippen molar-refractivity contribution in [1.29, 1.82) is 0 Å². The van der Waals surface area contributed by atoms with Crippen molar-refractivity contribution in [2.45, 2.75) is 33.4 Å². The number of nitrogens with one attached hydrogen (secondary N) is 1. The van der Waals surface area contributed by atoms with E-state index >= 15 is 0 Å². The topological polar surface area (TPSA) is 55.1 Å². The number of amides is 2. The van der Waals surface area contributed by atoms with Gasteiger partial charge in [-0.25, -0.2) is 13.9 Å². The normalized spacial score (nSPS) is 14.5. The Hall–Kier alpha value is -4.65. The summed E-state index contributed by atoms with van der Waals surface area (Å²) in [6.45, 7) is 6.05. The van der Waals surface area contributed by atoms with E-state index < -0.39 is 0 Å². The third-order valence-electron chi connectivity index (χ3n) is 7.13. The summed E-state index contributed by atoms with van der Waals surface area (Å²) in [5.41, 5.74) is 6.72. The number of nitrogens with zero attached hydrogens (tertiary/aromatic N) is 4. The molecule has 38 heavy (non-hydrogen) atoms. The molecule has 2 aromatic heterocycles. The number of carbonyl (C=O) groups excluding carboxylic acids is 1. The van der Waals surface area contributed by atoms with Gasteiger partial charge in [0.1, 0.15) is 11.6 Å². The van der Waals surface area contributed by atoms with Crippen LogP contribution in [0.5, 0.6) is 0 Å². The number of benzene rings is 3. The van der Waals surface area contributed by atoms with Crippen LogP contribution in [0.25, 0.3) is 11.5 Å². The first-order valence-electron chi connectivity index (χ1n) is 12.6. The summed E-state index contributed by atoms with van der Waals surface area (Å²) in [6, 6.07) is 26.3. The first-order valence-corrected chi connectivity index (χ1v) is 12.6. The first-order chi connectivity index (χ1) is 18.4. The molecule has 0 saturated carbocycles. The van der Waals surface area contributed by atoms with Gasteiger partial charge in [0.15, 0.2) is 0 Å². The Morgan fingerprint density at radius 1 is 0.947 bits per heavy atom. The maximum atomic E-state index is 14.3. The molecule has 0 aliphatic carbocycles. The van der Waals surface area contributed by atoms with Gasteiger partial charge in [0.2, 0.25) is 0 Å². The van der Waals surface area contributed by atoms with E-state index in [9.17, 15) is 9.18 Å². The average molecular weight is 506 g/mol. The summed E-state index contributed by atoms with van der Waals surface area (Å²) in [4.78, 5) is 15.8. The molecule has 6 nitrogen and oxygen atoms in total. The largest absolute Gasteiger partial charge is 0.322 e. The minimum atomic E-state index is -0.379. The van der Waals surface area contributed by atoms with E-state index in [0.29, 0.717) is 17.8 Å². The van der Waals surface area contributed by atoms with Crippen LogP contribution in [0.15, 0.2) is 91.1 Å². The van der Waals surface area contributed by atoms with Crippen LogP contribution in [-0.2, 0) is 6.54 Å². The lowest BCUT2D eigenvalue weighted by atomic mass is 10.00. The van der Waals surface area contributed by atoms with Gasteiger partial charge in [-0.05, 0) is 68.3 Å². The zero-order valence-corrected chi connectivity index (χ0v) is 21.5. The highest BCUT2D eigenvalue weighted by atomic mass is 19.1. The molecule has 0 fully saturated rings. The first kappa shape index (κ1) is 23.7. The number of aryl methyl sites for hydroxylation is 3. The zero-order chi connectivity index (χ0) is 26.4. The van der Waals surface area contributed by atoms with Crippen LogP contribution in [-0.4, -0.2) is 25.3 Å². The molecule has 0 saturated heterocycles. The fourth-order valence-corrected chi connectivity index (χ4v) is 5.21. The van der Waals surface area contributed by atoms with Crippen LogP contribution in [0.4, 0.5) is 14.9 Å². The minimum absolute atomic E-state index is 0.313. The van der Waals surface area contributed by atoms with Crippen molar-refractivity contribution in [3.63, 3.8) is 0 Å². The second-order valence-electron chi connectivity index (χ2n) is 9.78. The molecular weight excluding hydrogens is 477 g/mol. The Kier molecular flexibility index (Phi) is 5.83. The van der Waals surface area contributed by atoms with Gasteiger partial charge in [-0.3, -0.25) is 0 Å². The summed E-state index contributed by atoms with van der Waals surface area (Å²) >= 11 is 0. The summed E-state index contributed by atoms with van der Waals surface area (Å²) in [5, 5.41) is 7.83. The molecule has 1 N–H and O–H groups in total. The Balaban J connectivity index is 1.53. The Bertz CT molecular complexity index is 1650. The monoisotopic (exact) mass is 505 g/mol. The van der Waals surface area contributed by atoms with E-state index in [1.807, 2.05) is 90.3 Å². The number of carbonyl (C=O) groups is 1. The predicted molar refractivity (Wildman–Crippen MR) is 146 cm³/mol. The maximum absolute atomic E-state index is 14.3. The summed E-state index contributed by atoms with van der Waals surface area (Å²) in [7, 11) is 0. The fraction of sp³-hybridized carbons (Fsp3) is 0.161. The molecule has 0 spiro atoms. The van der Waals surface area contributed by atoms with Crippen LogP contribution >= 0.6 is 0 Å². The molecule has 1 aliphatic rings. The number of anilines is 1. The molecule has 190 valence electrons. The summed E-state index contributed by atoms with van der Waals surface area (Å²) in [6.07, 6.45) is 2.02. The quantitative estimate of drug-likeness (QED) is 0.291. The molecule has 3 aromatic carbocycles. The van der Waals surface area contributed by atoms with Crippen LogP contribution in [0.2, 0.25) is 0 Å². The number of hydrogen-bond donors (Lipinski definition) is 1. The highest BCUT2D eigenvalue weighted by Crippen LogP contribution is 2.39. The smallest absolute Gasteiger partial charge is 0.308 e. The molecule has 1 aliphatic heterocycles. The molecule has 0 unspecified atom stereocenters. The number of hydrogen-bond acceptors (Lipinski definition) is 2. The Morgan fingerprint density at radius 3 is 2.53 bits per heavy atom. The molecule has 0 bridgehead atoms. The van der Waals surface area contributed by atoms with Gasteiger partial charge >= 0.3 is 6.03 Å². The number of urea groups is 1. The van der Waals surface area contributed by atoms with Crippen LogP contribution < -0.4 is 5.32 Å². The van der Waals surface area contributed by atoms with Gasteiger partial charge in [0.25, 0.3) is 0 Å². The molecule has 3 heterocycles. The number of halogens is 1. The van der Waals surface area contributed by atoms with Gasteiger partial charge in [-0.1, -0.05) is 54.1 Å². The van der Waals surface area contributed by atoms with Crippen LogP contribution in [0.3, 0.4) is 0 Å². The zero-order valence-electron chi connectivity index (χ0n) is 21.5. The number of rotatable bonds is 3. The molecule has 1 atom stereocenters. The molecule has 2 amide bonds. The lowest BCUT2D eigenvalue weighted by Crippen LogP contribution is -2.38. The van der Waals surface area contributed by atoms with E-state index in [4.69, 9.17) is 5.10 Å². The molecular formula is C31H28FN5O. The lowest BCUT2D eigenvalue weighted by Gasteiger charge is -2.31. The van der Waals surface area contributed by atoms with Crippen molar-refractivity contribution >= 4 is 11.7 Å². The fourth-order valence-electron chi connectivity index (χ4n) is 5.21. The second-order valence-corrected chi connectivity index (χ2v) is 9.78. The van der Waals surface area contributed by atoms with Crippen LogP contribution in [0, 0.1) is 26.6 Å². The van der Waals surface area contributed by atoms with Crippen molar-refractivity contribution < 1.29 is 9.18 Å². The van der Waals surface area contributed by atoms with Crippen molar-refractivity contribution in [3.05, 3.63) is 131 Å². The van der Waals surface area contributed by atoms with E-state index in [0.717, 1.165) is 39.6 Å². The highest BCUT2D eigenvalue weighted by molar-refractivity contribution is 5.90. The van der Waals surface area contributed by atoms with E-state index in [1.165, 1.54) is 6.07 Å². The average Bonchev–Trinajstić information content (AvgIpc) is 3.47. The van der Waals surface area contributed by atoms with Gasteiger partial charge in [0, 0.05) is 17.4 Å². The Labute approximate surface area is 221 Å². The van der Waals surface area contributed by atoms with E-state index in [2.05, 4.69) is 16.0 Å². The number of aromatic nitrogens is 3. The third kappa shape index (κ3) is 4.06. The summed E-state index contributed by atoms with van der Waals surface area (Å²) in [5.74, 6) is 0.549. The van der Waals surface area contributed by atoms with Gasteiger partial charge in [-0.2, -0.15) is 5.10 Å². The van der Waals surface area contributed by atoms with Crippen LogP contribution in [0.1, 0.15) is 39.7 Å². The van der Waals surface area contributed by atoms with Gasteiger partial charge in [0.05, 0.1) is 29.7 Å². The second kappa shape index (κ2) is 9.34. The minimum Gasteiger partial charge on any atom is -0.308 e. The van der Waals surface area contributed by atoms with Crippen molar-refractivity contribution in [2.75, 3.05) is 5.32 Å².